The minimum Gasteiger partial charge on any atom is -0.309 e. The van der Waals surface area contributed by atoms with Gasteiger partial charge in [0.2, 0.25) is 0 Å². The lowest BCUT2D eigenvalue weighted by atomic mass is 10.2. The minimum atomic E-state index is -2.91. The van der Waals surface area contributed by atoms with Crippen molar-refractivity contribution in [3.05, 3.63) is 11.1 Å². The highest BCUT2D eigenvalue weighted by Gasteiger charge is 2.15. The molecular weight excluding hydrogens is 234 g/mol. The summed E-state index contributed by atoms with van der Waals surface area (Å²) in [5.41, 5.74) is 0.825. The second-order valence-corrected chi connectivity index (χ2v) is 6.23. The van der Waals surface area contributed by atoms with Gasteiger partial charge in [0, 0.05) is 11.6 Å². The fourth-order valence-electron chi connectivity index (χ4n) is 1.26. The predicted octanol–water partition coefficient (Wildman–Crippen LogP) is 0.623. The van der Waals surface area contributed by atoms with E-state index in [0.717, 1.165) is 12.2 Å². The molecular formula is C8H15N3O2S2. The van der Waals surface area contributed by atoms with Crippen molar-refractivity contribution in [1.82, 2.24) is 14.9 Å². The molecule has 7 heteroatoms. The van der Waals surface area contributed by atoms with Crippen LogP contribution in [-0.4, -0.2) is 36.6 Å². The largest absolute Gasteiger partial charge is 0.309 e. The summed E-state index contributed by atoms with van der Waals surface area (Å²) in [5, 5.41) is 8.99. The molecule has 15 heavy (non-hydrogen) atoms. The second-order valence-electron chi connectivity index (χ2n) is 3.36. The molecule has 0 aromatic carbocycles. The highest BCUT2D eigenvalue weighted by Crippen LogP contribution is 2.15. The van der Waals surface area contributed by atoms with Crippen LogP contribution in [0.15, 0.2) is 5.38 Å². The molecule has 1 heterocycles. The number of nitrogens with one attached hydrogen (secondary N) is 1. The topological polar surface area (TPSA) is 72.0 Å². The first kappa shape index (κ1) is 12.5. The average molecular weight is 249 g/mol. The van der Waals surface area contributed by atoms with E-state index in [-0.39, 0.29) is 11.8 Å². The van der Waals surface area contributed by atoms with Crippen LogP contribution >= 0.6 is 11.5 Å². The quantitative estimate of drug-likeness (QED) is 0.800. The number of sulfone groups is 1. The fourth-order valence-corrected chi connectivity index (χ4v) is 2.43. The van der Waals surface area contributed by atoms with Gasteiger partial charge in [0.1, 0.15) is 9.84 Å². The Morgan fingerprint density at radius 2 is 2.33 bits per heavy atom. The van der Waals surface area contributed by atoms with Crippen LogP contribution in [0, 0.1) is 0 Å². The van der Waals surface area contributed by atoms with E-state index in [4.69, 9.17) is 0 Å². The summed E-state index contributed by atoms with van der Waals surface area (Å²) in [6.07, 6.45) is 1.79. The molecule has 1 N–H and O–H groups in total. The summed E-state index contributed by atoms with van der Waals surface area (Å²) in [4.78, 5) is 0. The Morgan fingerprint density at radius 1 is 1.60 bits per heavy atom. The van der Waals surface area contributed by atoms with Gasteiger partial charge in [-0.1, -0.05) is 11.4 Å². The molecule has 1 rings (SSSR count). The third kappa shape index (κ3) is 4.67. The number of nitrogens with zero attached hydrogens (tertiary/aromatic N) is 2. The number of hydrogen-bond acceptors (Lipinski definition) is 6. The normalized spacial score (nSPS) is 14.0. The summed E-state index contributed by atoms with van der Waals surface area (Å²) in [6, 6.07) is -0.0107. The van der Waals surface area contributed by atoms with E-state index >= 15 is 0 Å². The van der Waals surface area contributed by atoms with Gasteiger partial charge in [0.15, 0.2) is 0 Å². The lowest BCUT2D eigenvalue weighted by Crippen LogP contribution is -2.23. The van der Waals surface area contributed by atoms with Crippen molar-refractivity contribution in [3.8, 4) is 0 Å². The standard InChI is InChI=1S/C8H15N3O2S2/c1-3-9-7(4-5-15(2,12)13)8-6-14-11-10-8/h6-7,9H,3-5H2,1-2H3. The first-order chi connectivity index (χ1) is 7.03. The van der Waals surface area contributed by atoms with Gasteiger partial charge in [-0.05, 0) is 24.5 Å². The Morgan fingerprint density at radius 3 is 2.80 bits per heavy atom. The molecule has 0 fully saturated rings. The highest BCUT2D eigenvalue weighted by molar-refractivity contribution is 7.90. The summed E-state index contributed by atoms with van der Waals surface area (Å²) in [5.74, 6) is 0.169. The van der Waals surface area contributed by atoms with Crippen molar-refractivity contribution in [2.75, 3.05) is 18.6 Å². The van der Waals surface area contributed by atoms with Crippen LogP contribution in [-0.2, 0) is 9.84 Å². The van der Waals surface area contributed by atoms with Crippen molar-refractivity contribution < 1.29 is 8.42 Å². The van der Waals surface area contributed by atoms with Gasteiger partial charge in [-0.2, -0.15) is 0 Å². The maximum atomic E-state index is 11.0. The molecule has 0 radical (unpaired) electrons. The van der Waals surface area contributed by atoms with Gasteiger partial charge < -0.3 is 5.32 Å². The van der Waals surface area contributed by atoms with Gasteiger partial charge in [-0.25, -0.2) is 8.42 Å². The maximum Gasteiger partial charge on any atom is 0.147 e. The van der Waals surface area contributed by atoms with E-state index in [1.165, 1.54) is 17.8 Å². The monoisotopic (exact) mass is 249 g/mol. The van der Waals surface area contributed by atoms with Crippen molar-refractivity contribution in [1.29, 1.82) is 0 Å². The lowest BCUT2D eigenvalue weighted by Gasteiger charge is -2.14. The molecule has 0 bridgehead atoms. The zero-order valence-electron chi connectivity index (χ0n) is 8.80. The summed E-state index contributed by atoms with van der Waals surface area (Å²) >= 11 is 1.28. The Hall–Kier alpha value is -0.530. The van der Waals surface area contributed by atoms with E-state index in [1.54, 1.807) is 0 Å². The fraction of sp³-hybridized carbons (Fsp3) is 0.750. The Kier molecular flexibility index (Phi) is 4.62. The summed E-state index contributed by atoms with van der Waals surface area (Å²) < 4.78 is 25.9. The van der Waals surface area contributed by atoms with Crippen LogP contribution in [0.5, 0.6) is 0 Å². The zero-order valence-corrected chi connectivity index (χ0v) is 10.4. The van der Waals surface area contributed by atoms with E-state index < -0.39 is 9.84 Å². The van der Waals surface area contributed by atoms with Gasteiger partial charge in [-0.15, -0.1) is 5.10 Å². The van der Waals surface area contributed by atoms with Crippen LogP contribution in [0.3, 0.4) is 0 Å². The van der Waals surface area contributed by atoms with Crippen molar-refractivity contribution in [2.45, 2.75) is 19.4 Å². The molecule has 0 amide bonds. The summed E-state index contributed by atoms with van der Waals surface area (Å²) in [7, 11) is -2.91. The first-order valence-corrected chi connectivity index (χ1v) is 7.60. The molecule has 1 aromatic heterocycles. The lowest BCUT2D eigenvalue weighted by molar-refractivity contribution is 0.518. The molecule has 0 aliphatic rings. The van der Waals surface area contributed by atoms with Crippen molar-refractivity contribution in [3.63, 3.8) is 0 Å². The Bertz CT molecular complexity index is 375. The number of hydrogen-bond donors (Lipinski definition) is 1. The molecule has 0 spiro atoms. The summed E-state index contributed by atoms with van der Waals surface area (Å²) in [6.45, 7) is 2.76. The third-order valence-corrected chi connectivity index (χ3v) is 3.46. The Labute approximate surface area is 94.0 Å². The minimum absolute atomic E-state index is 0.0107. The molecule has 5 nitrogen and oxygen atoms in total. The molecule has 0 aliphatic carbocycles. The third-order valence-electron chi connectivity index (χ3n) is 1.96. The zero-order chi connectivity index (χ0) is 11.3. The van der Waals surface area contributed by atoms with Gasteiger partial charge in [0.05, 0.1) is 17.5 Å². The SMILES string of the molecule is CCNC(CCS(C)(=O)=O)c1csnn1. The molecule has 1 aromatic rings. The molecule has 0 aliphatic heterocycles. The van der Waals surface area contributed by atoms with E-state index in [2.05, 4.69) is 14.9 Å². The van der Waals surface area contributed by atoms with Crippen LogP contribution < -0.4 is 5.32 Å². The number of aromatic nitrogens is 2. The smallest absolute Gasteiger partial charge is 0.147 e. The Balaban J connectivity index is 2.60. The molecule has 0 saturated heterocycles. The molecule has 86 valence electrons. The van der Waals surface area contributed by atoms with Crippen LogP contribution in [0.4, 0.5) is 0 Å². The molecule has 0 saturated carbocycles. The first-order valence-electron chi connectivity index (χ1n) is 4.71. The highest BCUT2D eigenvalue weighted by atomic mass is 32.2. The average Bonchev–Trinajstić information content (AvgIpc) is 2.63. The van der Waals surface area contributed by atoms with E-state index in [9.17, 15) is 8.42 Å². The van der Waals surface area contributed by atoms with Gasteiger partial charge in [0.25, 0.3) is 0 Å². The van der Waals surface area contributed by atoms with E-state index in [1.807, 2.05) is 12.3 Å². The molecule has 1 atom stereocenters. The second kappa shape index (κ2) is 5.53. The van der Waals surface area contributed by atoms with Gasteiger partial charge >= 0.3 is 0 Å². The predicted molar refractivity (Wildman–Crippen MR) is 60.7 cm³/mol. The van der Waals surface area contributed by atoms with Crippen LogP contribution in [0.1, 0.15) is 25.1 Å². The van der Waals surface area contributed by atoms with Crippen LogP contribution in [0.25, 0.3) is 0 Å². The number of rotatable bonds is 6. The van der Waals surface area contributed by atoms with Crippen LogP contribution in [0.2, 0.25) is 0 Å². The van der Waals surface area contributed by atoms with Crippen molar-refractivity contribution in [2.24, 2.45) is 0 Å². The van der Waals surface area contributed by atoms with Crippen molar-refractivity contribution >= 4 is 21.4 Å². The molecule has 1 unspecified atom stereocenters. The van der Waals surface area contributed by atoms with E-state index in [0.29, 0.717) is 6.42 Å². The van der Waals surface area contributed by atoms with Gasteiger partial charge in [-0.3, -0.25) is 0 Å². The maximum absolute atomic E-state index is 11.0.